The molecule has 1 heterocycles. The van der Waals surface area contributed by atoms with Crippen molar-refractivity contribution in [3.05, 3.63) is 59.9 Å². The van der Waals surface area contributed by atoms with Crippen molar-refractivity contribution >= 4 is 34.4 Å². The van der Waals surface area contributed by atoms with Gasteiger partial charge in [-0.05, 0) is 42.0 Å². The van der Waals surface area contributed by atoms with E-state index in [4.69, 9.17) is 10.5 Å². The molecule has 1 saturated heterocycles. The number of amidine groups is 1. The maximum absolute atomic E-state index is 13.1. The first-order valence-electron chi connectivity index (χ1n) is 8.20. The summed E-state index contributed by atoms with van der Waals surface area (Å²) in [5.41, 5.74) is 6.67. The minimum Gasteiger partial charge on any atom is -0.497 e. The molecule has 2 aromatic rings. The summed E-state index contributed by atoms with van der Waals surface area (Å²) in [4.78, 5) is 30.1. The zero-order valence-electron chi connectivity index (χ0n) is 14.6. The number of hydrogen-bond donors (Lipinski definition) is 1. The van der Waals surface area contributed by atoms with E-state index in [9.17, 15) is 14.0 Å². The number of rotatable bonds is 6. The highest BCUT2D eigenvalue weighted by atomic mass is 32.2. The van der Waals surface area contributed by atoms with Crippen molar-refractivity contribution in [1.29, 1.82) is 0 Å². The fourth-order valence-corrected chi connectivity index (χ4v) is 3.76. The molecule has 3 rings (SSSR count). The molecule has 8 heteroatoms. The van der Waals surface area contributed by atoms with Gasteiger partial charge in [0.2, 0.25) is 11.8 Å². The van der Waals surface area contributed by atoms with Gasteiger partial charge in [-0.25, -0.2) is 9.38 Å². The molecule has 2 amide bonds. The Morgan fingerprint density at radius 3 is 2.48 bits per heavy atom. The lowest BCUT2D eigenvalue weighted by Gasteiger charge is -2.16. The zero-order chi connectivity index (χ0) is 19.4. The largest absolute Gasteiger partial charge is 0.497 e. The third kappa shape index (κ3) is 4.65. The van der Waals surface area contributed by atoms with Crippen LogP contribution in [0.15, 0.2) is 53.5 Å². The van der Waals surface area contributed by atoms with Crippen LogP contribution < -0.4 is 10.5 Å². The van der Waals surface area contributed by atoms with E-state index in [0.717, 1.165) is 5.56 Å². The highest BCUT2D eigenvalue weighted by Crippen LogP contribution is 2.33. The highest BCUT2D eigenvalue weighted by molar-refractivity contribution is 8.15. The Labute approximate surface area is 160 Å². The van der Waals surface area contributed by atoms with Crippen LogP contribution in [0.5, 0.6) is 5.75 Å². The van der Waals surface area contributed by atoms with Crippen molar-refractivity contribution in [3.8, 4) is 5.75 Å². The van der Waals surface area contributed by atoms with Gasteiger partial charge < -0.3 is 10.5 Å². The van der Waals surface area contributed by atoms with E-state index in [1.807, 2.05) is 0 Å². The third-order valence-electron chi connectivity index (χ3n) is 3.96. The Hall–Kier alpha value is -2.87. The number of benzene rings is 2. The van der Waals surface area contributed by atoms with Gasteiger partial charge >= 0.3 is 0 Å². The van der Waals surface area contributed by atoms with E-state index in [2.05, 4.69) is 4.99 Å². The number of primary amides is 1. The Morgan fingerprint density at radius 2 is 1.89 bits per heavy atom. The predicted molar refractivity (Wildman–Crippen MR) is 102 cm³/mol. The molecule has 140 valence electrons. The van der Waals surface area contributed by atoms with Crippen LogP contribution in [0.25, 0.3) is 0 Å². The van der Waals surface area contributed by atoms with Crippen LogP contribution in [-0.4, -0.2) is 34.2 Å². The van der Waals surface area contributed by atoms with Crippen LogP contribution in [0.1, 0.15) is 12.0 Å². The van der Waals surface area contributed by atoms with E-state index in [-0.39, 0.29) is 24.7 Å². The van der Waals surface area contributed by atoms with E-state index in [1.165, 1.54) is 28.8 Å². The summed E-state index contributed by atoms with van der Waals surface area (Å²) >= 11 is 1.20. The number of thioether (sulfide) groups is 1. The molecule has 27 heavy (non-hydrogen) atoms. The summed E-state index contributed by atoms with van der Waals surface area (Å²) in [5, 5.41) is -0.138. The van der Waals surface area contributed by atoms with Gasteiger partial charge in [-0.2, -0.15) is 0 Å². The lowest BCUT2D eigenvalue weighted by molar-refractivity contribution is -0.128. The van der Waals surface area contributed by atoms with Crippen LogP contribution in [0.3, 0.4) is 0 Å². The topological polar surface area (TPSA) is 85.0 Å². The van der Waals surface area contributed by atoms with Gasteiger partial charge in [0.05, 0.1) is 19.3 Å². The number of nitrogens with two attached hydrogens (primary N) is 1. The summed E-state index contributed by atoms with van der Waals surface area (Å²) in [6.45, 7) is 0.233. The second-order valence-corrected chi connectivity index (χ2v) is 7.09. The SMILES string of the molecule is COc1ccc(N=C2S[C@@H](CC(N)=O)C(=O)N2Cc2ccc(F)cc2)cc1. The van der Waals surface area contributed by atoms with Crippen molar-refractivity contribution in [2.24, 2.45) is 10.7 Å². The molecular formula is C19H18FN3O3S. The van der Waals surface area contributed by atoms with Crippen LogP contribution in [0.2, 0.25) is 0 Å². The summed E-state index contributed by atoms with van der Waals surface area (Å²) in [6, 6.07) is 13.0. The maximum Gasteiger partial charge on any atom is 0.242 e. The number of aliphatic imine (C=N–C) groups is 1. The van der Waals surface area contributed by atoms with Crippen LogP contribution >= 0.6 is 11.8 Å². The summed E-state index contributed by atoms with van der Waals surface area (Å²) < 4.78 is 18.3. The Bertz CT molecular complexity index is 869. The van der Waals surface area contributed by atoms with Crippen molar-refractivity contribution in [2.45, 2.75) is 18.2 Å². The van der Waals surface area contributed by atoms with Gasteiger partial charge in [0.15, 0.2) is 5.17 Å². The van der Waals surface area contributed by atoms with Gasteiger partial charge in [-0.1, -0.05) is 23.9 Å². The standard InChI is InChI=1S/C19H18FN3O3S/c1-26-15-8-6-14(7-9-15)22-19-23(11-12-2-4-13(20)5-3-12)18(25)16(27-19)10-17(21)24/h2-9,16H,10-11H2,1H3,(H2,21,24)/t16-/m0/s1. The Kier molecular flexibility index (Phi) is 5.75. The summed E-state index contributed by atoms with van der Waals surface area (Å²) in [5.74, 6) is -0.438. The number of ether oxygens (including phenoxy) is 1. The summed E-state index contributed by atoms with van der Waals surface area (Å²) in [7, 11) is 1.57. The smallest absolute Gasteiger partial charge is 0.242 e. The first-order chi connectivity index (χ1) is 13.0. The minimum absolute atomic E-state index is 0.0644. The quantitative estimate of drug-likeness (QED) is 0.826. The Balaban J connectivity index is 1.88. The number of halogens is 1. The number of amides is 2. The second kappa shape index (κ2) is 8.22. The highest BCUT2D eigenvalue weighted by Gasteiger charge is 2.38. The molecule has 1 atom stereocenters. The Morgan fingerprint density at radius 1 is 1.22 bits per heavy atom. The number of carbonyl (C=O) groups excluding carboxylic acids is 2. The number of methoxy groups -OCH3 is 1. The molecule has 2 N–H and O–H groups in total. The van der Waals surface area contributed by atoms with E-state index < -0.39 is 11.2 Å². The molecule has 0 spiro atoms. The zero-order valence-corrected chi connectivity index (χ0v) is 15.4. The van der Waals surface area contributed by atoms with Gasteiger partial charge in [0.1, 0.15) is 16.8 Å². The number of carbonyl (C=O) groups is 2. The second-order valence-electron chi connectivity index (χ2n) is 5.92. The molecule has 1 fully saturated rings. The monoisotopic (exact) mass is 387 g/mol. The molecular weight excluding hydrogens is 369 g/mol. The number of nitrogens with zero attached hydrogens (tertiary/aromatic N) is 2. The molecule has 6 nitrogen and oxygen atoms in total. The molecule has 0 aliphatic carbocycles. The molecule has 0 radical (unpaired) electrons. The molecule has 1 aliphatic heterocycles. The van der Waals surface area contributed by atoms with Crippen molar-refractivity contribution in [3.63, 3.8) is 0 Å². The molecule has 0 aromatic heterocycles. The fourth-order valence-electron chi connectivity index (χ4n) is 2.59. The molecule has 0 saturated carbocycles. The van der Waals surface area contributed by atoms with E-state index >= 15 is 0 Å². The van der Waals surface area contributed by atoms with Crippen LogP contribution in [0, 0.1) is 5.82 Å². The van der Waals surface area contributed by atoms with E-state index in [0.29, 0.717) is 16.6 Å². The first kappa shape index (κ1) is 18.9. The fraction of sp³-hybridized carbons (Fsp3) is 0.211. The third-order valence-corrected chi connectivity index (χ3v) is 5.13. The normalized spacial score (nSPS) is 18.1. The predicted octanol–water partition coefficient (Wildman–Crippen LogP) is 2.84. The lowest BCUT2D eigenvalue weighted by Crippen LogP contribution is -2.33. The summed E-state index contributed by atoms with van der Waals surface area (Å²) in [6.07, 6.45) is -0.0644. The maximum atomic E-state index is 13.1. The molecule has 0 unspecified atom stereocenters. The van der Waals surface area contributed by atoms with Gasteiger partial charge in [-0.3, -0.25) is 14.5 Å². The van der Waals surface area contributed by atoms with Crippen LogP contribution in [0.4, 0.5) is 10.1 Å². The van der Waals surface area contributed by atoms with Crippen molar-refractivity contribution in [2.75, 3.05) is 7.11 Å². The molecule has 1 aliphatic rings. The van der Waals surface area contributed by atoms with Crippen LogP contribution in [-0.2, 0) is 16.1 Å². The average molecular weight is 387 g/mol. The average Bonchev–Trinajstić information content (AvgIpc) is 2.92. The van der Waals surface area contributed by atoms with Crippen molar-refractivity contribution < 1.29 is 18.7 Å². The van der Waals surface area contributed by atoms with Gasteiger partial charge in [-0.15, -0.1) is 0 Å². The lowest BCUT2D eigenvalue weighted by atomic mass is 10.2. The minimum atomic E-state index is -0.611. The first-order valence-corrected chi connectivity index (χ1v) is 9.08. The van der Waals surface area contributed by atoms with Gasteiger partial charge in [0.25, 0.3) is 0 Å². The molecule has 0 bridgehead atoms. The number of hydrogen-bond acceptors (Lipinski definition) is 5. The van der Waals surface area contributed by atoms with Gasteiger partial charge in [0, 0.05) is 6.42 Å². The molecule has 2 aromatic carbocycles. The van der Waals surface area contributed by atoms with E-state index in [1.54, 1.807) is 43.5 Å². The van der Waals surface area contributed by atoms with Crippen molar-refractivity contribution in [1.82, 2.24) is 4.90 Å².